The number of ether oxygens (including phenoxy) is 2. The summed E-state index contributed by atoms with van der Waals surface area (Å²) in [5.74, 6) is 1.42. The standard InChI is InChI=1S/C23H28Cl2N2O3.ClH/c1-2-29-21-14-17(15-26-10-6-12-27-11-5-9-22(27)28)13-20(25)23(21)30-16-18-7-3-4-8-19(18)24;/h3-4,7-8,13-14,26H,2,5-6,9-12,15-16H2,1H3;1H. The molecule has 0 spiro atoms. The molecule has 0 bridgehead atoms. The maximum absolute atomic E-state index is 11.6. The zero-order chi connectivity index (χ0) is 21.3. The van der Waals surface area contributed by atoms with E-state index in [0.29, 0.717) is 47.7 Å². The van der Waals surface area contributed by atoms with E-state index < -0.39 is 0 Å². The molecule has 1 aliphatic heterocycles. The van der Waals surface area contributed by atoms with Gasteiger partial charge in [-0.05, 0) is 50.1 Å². The van der Waals surface area contributed by atoms with Crippen molar-refractivity contribution in [3.05, 3.63) is 57.6 Å². The minimum absolute atomic E-state index is 0. The van der Waals surface area contributed by atoms with Gasteiger partial charge in [-0.15, -0.1) is 12.4 Å². The second-order valence-corrected chi connectivity index (χ2v) is 8.05. The van der Waals surface area contributed by atoms with Crippen LogP contribution in [0, 0.1) is 0 Å². The minimum atomic E-state index is 0. The number of likely N-dealkylation sites (tertiary alicyclic amines) is 1. The van der Waals surface area contributed by atoms with Crippen molar-refractivity contribution in [2.24, 2.45) is 0 Å². The average Bonchev–Trinajstić information content (AvgIpc) is 3.13. The van der Waals surface area contributed by atoms with Crippen LogP contribution in [-0.4, -0.2) is 37.0 Å². The van der Waals surface area contributed by atoms with Crippen molar-refractivity contribution in [3.63, 3.8) is 0 Å². The molecule has 2 aromatic rings. The summed E-state index contributed by atoms with van der Waals surface area (Å²) in [5.41, 5.74) is 1.91. The summed E-state index contributed by atoms with van der Waals surface area (Å²) in [6.07, 6.45) is 2.60. The van der Waals surface area contributed by atoms with Crippen molar-refractivity contribution in [2.75, 3.05) is 26.2 Å². The molecule has 0 radical (unpaired) electrons. The Kier molecular flexibility index (Phi) is 10.7. The Labute approximate surface area is 200 Å². The van der Waals surface area contributed by atoms with Gasteiger partial charge in [0, 0.05) is 36.6 Å². The Bertz CT molecular complexity index is 864. The lowest BCUT2D eigenvalue weighted by atomic mass is 10.2. The number of carbonyl (C=O) groups is 1. The summed E-state index contributed by atoms with van der Waals surface area (Å²) in [6.45, 7) is 5.95. The third kappa shape index (κ3) is 7.46. The molecule has 1 fully saturated rings. The number of nitrogens with one attached hydrogen (secondary N) is 1. The SMILES string of the molecule is CCOc1cc(CNCCCN2CCCC2=O)cc(Cl)c1OCc1ccccc1Cl.Cl. The molecule has 1 saturated heterocycles. The highest BCUT2D eigenvalue weighted by Gasteiger charge is 2.19. The van der Waals surface area contributed by atoms with Crippen LogP contribution in [0.2, 0.25) is 10.0 Å². The van der Waals surface area contributed by atoms with Gasteiger partial charge in [0.15, 0.2) is 11.5 Å². The van der Waals surface area contributed by atoms with E-state index in [4.69, 9.17) is 32.7 Å². The van der Waals surface area contributed by atoms with Gasteiger partial charge in [-0.3, -0.25) is 4.79 Å². The lowest BCUT2D eigenvalue weighted by Gasteiger charge is -2.17. The van der Waals surface area contributed by atoms with Crippen LogP contribution in [0.25, 0.3) is 0 Å². The first-order valence-electron chi connectivity index (χ1n) is 10.4. The number of amides is 1. The van der Waals surface area contributed by atoms with Gasteiger partial charge in [0.1, 0.15) is 6.61 Å². The average molecular weight is 488 g/mol. The maximum Gasteiger partial charge on any atom is 0.222 e. The molecule has 8 heteroatoms. The molecule has 0 aliphatic carbocycles. The summed E-state index contributed by atoms with van der Waals surface area (Å²) >= 11 is 12.7. The van der Waals surface area contributed by atoms with Crippen LogP contribution in [0.3, 0.4) is 0 Å². The van der Waals surface area contributed by atoms with E-state index in [0.717, 1.165) is 43.6 Å². The topological polar surface area (TPSA) is 50.8 Å². The first-order valence-corrected chi connectivity index (χ1v) is 11.1. The molecule has 1 amide bonds. The normalized spacial score (nSPS) is 13.3. The van der Waals surface area contributed by atoms with Crippen molar-refractivity contribution >= 4 is 41.5 Å². The Morgan fingerprint density at radius 1 is 1.13 bits per heavy atom. The van der Waals surface area contributed by atoms with Crippen LogP contribution < -0.4 is 14.8 Å². The number of rotatable bonds is 11. The van der Waals surface area contributed by atoms with E-state index in [-0.39, 0.29) is 18.3 Å². The molecule has 1 heterocycles. The molecule has 0 unspecified atom stereocenters. The van der Waals surface area contributed by atoms with Crippen molar-refractivity contribution < 1.29 is 14.3 Å². The van der Waals surface area contributed by atoms with Crippen molar-refractivity contribution in [2.45, 2.75) is 39.3 Å². The fourth-order valence-electron chi connectivity index (χ4n) is 3.46. The van der Waals surface area contributed by atoms with Crippen LogP contribution in [-0.2, 0) is 17.9 Å². The highest BCUT2D eigenvalue weighted by Crippen LogP contribution is 2.37. The quantitative estimate of drug-likeness (QED) is 0.426. The van der Waals surface area contributed by atoms with E-state index in [1.807, 2.05) is 48.2 Å². The molecule has 0 atom stereocenters. The van der Waals surface area contributed by atoms with Gasteiger partial charge in [0.2, 0.25) is 5.91 Å². The maximum atomic E-state index is 11.6. The number of hydrogen-bond acceptors (Lipinski definition) is 4. The zero-order valence-electron chi connectivity index (χ0n) is 17.7. The number of hydrogen-bond donors (Lipinski definition) is 1. The lowest BCUT2D eigenvalue weighted by Crippen LogP contribution is -2.28. The van der Waals surface area contributed by atoms with Crippen LogP contribution in [0.5, 0.6) is 11.5 Å². The molecular weight excluding hydrogens is 459 g/mol. The minimum Gasteiger partial charge on any atom is -0.490 e. The predicted molar refractivity (Wildman–Crippen MR) is 128 cm³/mol. The van der Waals surface area contributed by atoms with E-state index in [1.54, 1.807) is 0 Å². The summed E-state index contributed by atoms with van der Waals surface area (Å²) in [7, 11) is 0. The van der Waals surface area contributed by atoms with E-state index in [2.05, 4.69) is 5.32 Å². The van der Waals surface area contributed by atoms with Gasteiger partial charge in [0.25, 0.3) is 0 Å². The molecule has 1 aliphatic rings. The van der Waals surface area contributed by atoms with Gasteiger partial charge in [-0.2, -0.15) is 0 Å². The predicted octanol–water partition coefficient (Wildman–Crippen LogP) is 5.50. The van der Waals surface area contributed by atoms with Gasteiger partial charge in [-0.1, -0.05) is 41.4 Å². The summed E-state index contributed by atoms with van der Waals surface area (Å²) in [6, 6.07) is 11.4. The molecule has 1 N–H and O–H groups in total. The van der Waals surface area contributed by atoms with Crippen LogP contribution >= 0.6 is 35.6 Å². The Morgan fingerprint density at radius 3 is 2.65 bits per heavy atom. The molecule has 0 saturated carbocycles. The fourth-order valence-corrected chi connectivity index (χ4v) is 3.94. The molecule has 5 nitrogen and oxygen atoms in total. The van der Waals surface area contributed by atoms with Crippen LogP contribution in [0.4, 0.5) is 0 Å². The summed E-state index contributed by atoms with van der Waals surface area (Å²) < 4.78 is 11.7. The Morgan fingerprint density at radius 2 is 1.94 bits per heavy atom. The molecule has 3 rings (SSSR count). The first-order chi connectivity index (χ1) is 14.6. The molecule has 2 aromatic carbocycles. The van der Waals surface area contributed by atoms with Crippen molar-refractivity contribution in [1.82, 2.24) is 10.2 Å². The lowest BCUT2D eigenvalue weighted by molar-refractivity contribution is -0.127. The third-order valence-corrected chi connectivity index (χ3v) is 5.63. The highest BCUT2D eigenvalue weighted by atomic mass is 35.5. The Balaban J connectivity index is 0.00000341. The van der Waals surface area contributed by atoms with Gasteiger partial charge in [0.05, 0.1) is 11.6 Å². The van der Waals surface area contributed by atoms with Crippen molar-refractivity contribution in [3.8, 4) is 11.5 Å². The van der Waals surface area contributed by atoms with Crippen LogP contribution in [0.15, 0.2) is 36.4 Å². The molecule has 31 heavy (non-hydrogen) atoms. The second-order valence-electron chi connectivity index (χ2n) is 7.23. The smallest absolute Gasteiger partial charge is 0.222 e. The van der Waals surface area contributed by atoms with Crippen LogP contribution in [0.1, 0.15) is 37.3 Å². The van der Waals surface area contributed by atoms with E-state index in [9.17, 15) is 4.79 Å². The number of nitrogens with zero attached hydrogens (tertiary/aromatic N) is 1. The molecule has 0 aromatic heterocycles. The van der Waals surface area contributed by atoms with Crippen molar-refractivity contribution in [1.29, 1.82) is 0 Å². The largest absolute Gasteiger partial charge is 0.490 e. The molecule has 170 valence electrons. The van der Waals surface area contributed by atoms with Gasteiger partial charge in [-0.25, -0.2) is 0 Å². The fraction of sp³-hybridized carbons (Fsp3) is 0.435. The van der Waals surface area contributed by atoms with Gasteiger partial charge >= 0.3 is 0 Å². The highest BCUT2D eigenvalue weighted by molar-refractivity contribution is 6.32. The summed E-state index contributed by atoms with van der Waals surface area (Å²) in [5, 5.41) is 4.57. The van der Waals surface area contributed by atoms with E-state index >= 15 is 0 Å². The summed E-state index contributed by atoms with van der Waals surface area (Å²) in [4.78, 5) is 13.6. The third-order valence-electron chi connectivity index (χ3n) is 4.98. The molecular formula is C23H29Cl3N2O3. The Hall–Kier alpha value is -1.66. The number of carbonyl (C=O) groups excluding carboxylic acids is 1. The monoisotopic (exact) mass is 486 g/mol. The number of benzene rings is 2. The van der Waals surface area contributed by atoms with E-state index in [1.165, 1.54) is 0 Å². The first kappa shape index (κ1) is 25.6. The van der Waals surface area contributed by atoms with Gasteiger partial charge < -0.3 is 19.7 Å². The number of halogens is 3. The second kappa shape index (κ2) is 13.0. The zero-order valence-corrected chi connectivity index (χ0v) is 20.0.